The molecule has 0 aromatic rings. The second-order valence-electron chi connectivity index (χ2n) is 5.34. The van der Waals surface area contributed by atoms with Crippen LogP contribution in [0.5, 0.6) is 0 Å². The smallest absolute Gasteiger partial charge is 0.245 e. The lowest BCUT2D eigenvalue weighted by atomic mass is 9.87. The van der Waals surface area contributed by atoms with Gasteiger partial charge in [-0.1, -0.05) is 12.8 Å². The first-order valence-corrected chi connectivity index (χ1v) is 7.04. The number of nitrogens with zero attached hydrogens (tertiary/aromatic N) is 1. The van der Waals surface area contributed by atoms with Crippen LogP contribution in [-0.4, -0.2) is 30.9 Å². The van der Waals surface area contributed by atoms with E-state index in [0.717, 1.165) is 25.7 Å². The normalized spacial score (nSPS) is 22.7. The quantitative estimate of drug-likeness (QED) is 0.773. The number of carbonyl (C=O) groups excluding carboxylic acids is 2. The number of ketones is 1. The zero-order valence-corrected chi connectivity index (χ0v) is 11.1. The van der Waals surface area contributed by atoms with Gasteiger partial charge in [-0.2, -0.15) is 5.26 Å². The van der Waals surface area contributed by atoms with E-state index in [-0.39, 0.29) is 17.7 Å². The third-order valence-corrected chi connectivity index (χ3v) is 4.00. The van der Waals surface area contributed by atoms with E-state index in [2.05, 4.69) is 5.32 Å². The van der Waals surface area contributed by atoms with Crippen molar-refractivity contribution in [3.05, 3.63) is 0 Å². The highest BCUT2D eigenvalue weighted by Crippen LogP contribution is 2.21. The molecule has 0 bridgehead atoms. The van der Waals surface area contributed by atoms with Gasteiger partial charge in [0.2, 0.25) is 5.91 Å². The minimum atomic E-state index is -1.15. The minimum absolute atomic E-state index is 0.144. The lowest BCUT2D eigenvalue weighted by Crippen LogP contribution is -2.42. The summed E-state index contributed by atoms with van der Waals surface area (Å²) in [6.07, 6.45) is 5.36. The largest absolute Gasteiger partial charge is 0.381 e. The Labute approximate surface area is 113 Å². The van der Waals surface area contributed by atoms with Crippen LogP contribution in [0.25, 0.3) is 0 Å². The molecule has 2 fully saturated rings. The van der Waals surface area contributed by atoms with E-state index in [1.54, 1.807) is 0 Å². The van der Waals surface area contributed by atoms with Crippen LogP contribution in [0.15, 0.2) is 0 Å². The first-order chi connectivity index (χ1) is 9.22. The van der Waals surface area contributed by atoms with Crippen molar-refractivity contribution in [1.82, 2.24) is 5.32 Å². The van der Waals surface area contributed by atoms with Crippen LogP contribution in [0.3, 0.4) is 0 Å². The molecular weight excluding hydrogens is 244 g/mol. The van der Waals surface area contributed by atoms with Crippen LogP contribution in [-0.2, 0) is 14.3 Å². The second-order valence-corrected chi connectivity index (χ2v) is 5.34. The summed E-state index contributed by atoms with van der Waals surface area (Å²) in [5.74, 6) is -2.00. The summed E-state index contributed by atoms with van der Waals surface area (Å²) in [6, 6.07) is 2.01. The van der Waals surface area contributed by atoms with Crippen molar-refractivity contribution in [2.24, 2.45) is 11.8 Å². The van der Waals surface area contributed by atoms with Gasteiger partial charge < -0.3 is 10.1 Å². The number of hydrogen-bond donors (Lipinski definition) is 1. The van der Waals surface area contributed by atoms with Crippen LogP contribution < -0.4 is 5.32 Å². The van der Waals surface area contributed by atoms with Gasteiger partial charge in [-0.25, -0.2) is 0 Å². The van der Waals surface area contributed by atoms with E-state index in [4.69, 9.17) is 10.00 Å². The first kappa shape index (κ1) is 14.0. The average molecular weight is 264 g/mol. The molecule has 1 aliphatic carbocycles. The summed E-state index contributed by atoms with van der Waals surface area (Å²) in [6.45, 7) is 1.08. The Morgan fingerprint density at radius 2 is 1.79 bits per heavy atom. The molecule has 1 amide bonds. The number of hydrogen-bond acceptors (Lipinski definition) is 4. The molecule has 104 valence electrons. The van der Waals surface area contributed by atoms with Crippen molar-refractivity contribution in [2.75, 3.05) is 13.2 Å². The van der Waals surface area contributed by atoms with Gasteiger partial charge in [0.15, 0.2) is 11.7 Å². The average Bonchev–Trinajstić information content (AvgIpc) is 2.93. The number of amides is 1. The third-order valence-electron chi connectivity index (χ3n) is 4.00. The van der Waals surface area contributed by atoms with Crippen molar-refractivity contribution in [2.45, 2.75) is 44.6 Å². The molecule has 1 heterocycles. The minimum Gasteiger partial charge on any atom is -0.381 e. The third kappa shape index (κ3) is 3.54. The number of ether oxygens (including phenoxy) is 1. The molecule has 5 heteroatoms. The molecule has 1 atom stereocenters. The molecule has 5 nitrogen and oxygen atoms in total. The lowest BCUT2D eigenvalue weighted by Gasteiger charge is -2.23. The summed E-state index contributed by atoms with van der Waals surface area (Å²) in [5, 5.41) is 11.9. The molecule has 1 saturated heterocycles. The molecule has 0 spiro atoms. The SMILES string of the molecule is N#C[C@H](C(=O)NC1CCCC1)C(=O)C1CCOCC1. The van der Waals surface area contributed by atoms with E-state index in [9.17, 15) is 9.59 Å². The van der Waals surface area contributed by atoms with Gasteiger partial charge in [0, 0.05) is 25.2 Å². The Hall–Kier alpha value is -1.41. The molecule has 0 unspecified atom stereocenters. The Balaban J connectivity index is 1.92. The Kier molecular flexibility index (Phi) is 4.92. The zero-order valence-electron chi connectivity index (χ0n) is 11.1. The number of nitrogens with one attached hydrogen (secondary N) is 1. The monoisotopic (exact) mass is 264 g/mol. The van der Waals surface area contributed by atoms with Gasteiger partial charge in [0.25, 0.3) is 0 Å². The Morgan fingerprint density at radius 3 is 2.37 bits per heavy atom. The van der Waals surface area contributed by atoms with E-state index >= 15 is 0 Å². The van der Waals surface area contributed by atoms with E-state index in [1.807, 2.05) is 6.07 Å². The van der Waals surface area contributed by atoms with E-state index in [1.165, 1.54) is 0 Å². The van der Waals surface area contributed by atoms with Crippen molar-refractivity contribution in [1.29, 1.82) is 5.26 Å². The fourth-order valence-electron chi connectivity index (χ4n) is 2.82. The molecule has 19 heavy (non-hydrogen) atoms. The van der Waals surface area contributed by atoms with Gasteiger partial charge in [-0.3, -0.25) is 9.59 Å². The van der Waals surface area contributed by atoms with Crippen molar-refractivity contribution >= 4 is 11.7 Å². The van der Waals surface area contributed by atoms with Gasteiger partial charge in [-0.15, -0.1) is 0 Å². The highest BCUT2D eigenvalue weighted by atomic mass is 16.5. The van der Waals surface area contributed by atoms with Crippen molar-refractivity contribution in [3.63, 3.8) is 0 Å². The molecule has 1 saturated carbocycles. The van der Waals surface area contributed by atoms with Gasteiger partial charge >= 0.3 is 0 Å². The molecule has 0 aromatic heterocycles. The number of carbonyl (C=O) groups is 2. The number of Topliss-reactive ketones (excluding diaryl/α,β-unsaturated/α-hetero) is 1. The van der Waals surface area contributed by atoms with Crippen LogP contribution in [0, 0.1) is 23.2 Å². The van der Waals surface area contributed by atoms with Crippen LogP contribution >= 0.6 is 0 Å². The fraction of sp³-hybridized carbons (Fsp3) is 0.786. The highest BCUT2D eigenvalue weighted by Gasteiger charge is 2.34. The molecule has 1 aliphatic heterocycles. The molecule has 0 aromatic carbocycles. The molecule has 2 rings (SSSR count). The van der Waals surface area contributed by atoms with Crippen LogP contribution in [0.1, 0.15) is 38.5 Å². The van der Waals surface area contributed by atoms with Crippen molar-refractivity contribution in [3.8, 4) is 6.07 Å². The first-order valence-electron chi connectivity index (χ1n) is 7.04. The maximum Gasteiger partial charge on any atom is 0.245 e. The lowest BCUT2D eigenvalue weighted by molar-refractivity contribution is -0.136. The topological polar surface area (TPSA) is 79.2 Å². The molecule has 2 aliphatic rings. The van der Waals surface area contributed by atoms with Gasteiger partial charge in [0.05, 0.1) is 6.07 Å². The fourth-order valence-corrected chi connectivity index (χ4v) is 2.82. The van der Waals surface area contributed by atoms with E-state index in [0.29, 0.717) is 26.1 Å². The van der Waals surface area contributed by atoms with Crippen LogP contribution in [0.2, 0.25) is 0 Å². The summed E-state index contributed by atoms with van der Waals surface area (Å²) < 4.78 is 5.20. The number of rotatable bonds is 4. The second kappa shape index (κ2) is 6.67. The predicted octanol–water partition coefficient (Wildman–Crippen LogP) is 1.18. The Bertz CT molecular complexity index is 377. The highest BCUT2D eigenvalue weighted by molar-refractivity contribution is 6.05. The van der Waals surface area contributed by atoms with E-state index < -0.39 is 11.8 Å². The molecule has 1 N–H and O–H groups in total. The Morgan fingerprint density at radius 1 is 1.16 bits per heavy atom. The summed E-state index contributed by atoms with van der Waals surface area (Å²) in [4.78, 5) is 24.2. The maximum absolute atomic E-state index is 12.2. The summed E-state index contributed by atoms with van der Waals surface area (Å²) >= 11 is 0. The summed E-state index contributed by atoms with van der Waals surface area (Å²) in [7, 11) is 0. The van der Waals surface area contributed by atoms with Crippen LogP contribution in [0.4, 0.5) is 0 Å². The summed E-state index contributed by atoms with van der Waals surface area (Å²) in [5.41, 5.74) is 0. The van der Waals surface area contributed by atoms with Gasteiger partial charge in [-0.05, 0) is 25.7 Å². The maximum atomic E-state index is 12.2. The standard InChI is InChI=1S/C14H20N2O3/c15-9-12(13(17)10-5-7-19-8-6-10)14(18)16-11-3-1-2-4-11/h10-12H,1-8H2,(H,16,18)/t12-/m0/s1. The molecule has 0 radical (unpaired) electrons. The van der Waals surface area contributed by atoms with Crippen molar-refractivity contribution < 1.29 is 14.3 Å². The van der Waals surface area contributed by atoms with Gasteiger partial charge in [0.1, 0.15) is 0 Å². The predicted molar refractivity (Wildman–Crippen MR) is 68.1 cm³/mol. The molecular formula is C14H20N2O3. The number of nitriles is 1. The zero-order chi connectivity index (χ0) is 13.7.